The van der Waals surface area contributed by atoms with Crippen molar-refractivity contribution in [2.24, 2.45) is 11.3 Å². The van der Waals surface area contributed by atoms with Crippen LogP contribution in [-0.4, -0.2) is 35.2 Å². The number of hydrogen-bond acceptors (Lipinski definition) is 2. The molecule has 0 spiro atoms. The molecule has 0 amide bonds. The molecule has 0 aromatic heterocycles. The summed E-state index contributed by atoms with van der Waals surface area (Å²) in [5.74, 6) is 0.774. The fraction of sp³-hybridized carbons (Fsp3) is 1.00. The Hall–Kier alpha value is -0.0800. The van der Waals surface area contributed by atoms with Gasteiger partial charge in [-0.3, -0.25) is 0 Å². The maximum absolute atomic E-state index is 10.2. The predicted octanol–water partition coefficient (Wildman–Crippen LogP) is 4.07. The zero-order valence-electron chi connectivity index (χ0n) is 13.8. The van der Waals surface area contributed by atoms with Crippen LogP contribution >= 0.6 is 0 Å². The summed E-state index contributed by atoms with van der Waals surface area (Å²) >= 11 is 0. The third kappa shape index (κ3) is 6.27. The summed E-state index contributed by atoms with van der Waals surface area (Å²) < 4.78 is 0. The van der Waals surface area contributed by atoms with Gasteiger partial charge in [0.1, 0.15) is 0 Å². The van der Waals surface area contributed by atoms with E-state index in [9.17, 15) is 5.11 Å². The molecule has 0 heterocycles. The minimum absolute atomic E-state index is 0.0133. The van der Waals surface area contributed by atoms with E-state index in [1.165, 1.54) is 38.6 Å². The van der Waals surface area contributed by atoms with Crippen molar-refractivity contribution in [3.8, 4) is 0 Å². The molecule has 114 valence electrons. The molecule has 1 N–H and O–H groups in total. The van der Waals surface area contributed by atoms with Crippen molar-refractivity contribution in [3.63, 3.8) is 0 Å². The normalized spacial score (nSPS) is 19.6. The van der Waals surface area contributed by atoms with Gasteiger partial charge in [0, 0.05) is 12.6 Å². The van der Waals surface area contributed by atoms with E-state index in [0.29, 0.717) is 0 Å². The van der Waals surface area contributed by atoms with Gasteiger partial charge in [-0.05, 0) is 43.6 Å². The highest BCUT2D eigenvalue weighted by molar-refractivity contribution is 4.80. The van der Waals surface area contributed by atoms with Gasteiger partial charge in [-0.1, -0.05) is 47.5 Å². The zero-order valence-corrected chi connectivity index (χ0v) is 13.8. The van der Waals surface area contributed by atoms with Crippen LogP contribution < -0.4 is 0 Å². The fourth-order valence-corrected chi connectivity index (χ4v) is 2.89. The van der Waals surface area contributed by atoms with Gasteiger partial charge in [0.15, 0.2) is 0 Å². The topological polar surface area (TPSA) is 23.5 Å². The van der Waals surface area contributed by atoms with Gasteiger partial charge in [0.05, 0.1) is 6.10 Å². The van der Waals surface area contributed by atoms with Gasteiger partial charge in [0.25, 0.3) is 0 Å². The molecule has 2 heteroatoms. The quantitative estimate of drug-likeness (QED) is 0.753. The molecule has 0 aliphatic heterocycles. The van der Waals surface area contributed by atoms with Crippen LogP contribution in [0.3, 0.4) is 0 Å². The Balaban J connectivity index is 2.44. The first-order valence-corrected chi connectivity index (χ1v) is 8.23. The summed E-state index contributed by atoms with van der Waals surface area (Å²) in [5, 5.41) is 10.2. The minimum atomic E-state index is -0.185. The Labute approximate surface area is 120 Å². The molecule has 19 heavy (non-hydrogen) atoms. The smallest absolute Gasteiger partial charge is 0.0600 e. The molecule has 2 nitrogen and oxygen atoms in total. The molecule has 1 atom stereocenters. The Morgan fingerprint density at radius 3 is 2.05 bits per heavy atom. The van der Waals surface area contributed by atoms with Crippen molar-refractivity contribution in [1.82, 2.24) is 4.90 Å². The van der Waals surface area contributed by atoms with E-state index >= 15 is 0 Å². The number of nitrogens with zero attached hydrogens (tertiary/aromatic N) is 1. The van der Waals surface area contributed by atoms with E-state index in [1.54, 1.807) is 0 Å². The van der Waals surface area contributed by atoms with Crippen molar-refractivity contribution in [2.75, 3.05) is 13.1 Å². The average Bonchev–Trinajstić information content (AvgIpc) is 2.80. The standard InChI is InChI=1S/C17H35NO/c1-14(2)10-12-18(15-8-6-7-9-15)13-11-16(19)17(3,4)5/h14-16,19H,6-13H2,1-5H3. The summed E-state index contributed by atoms with van der Waals surface area (Å²) in [5.41, 5.74) is 0.0133. The first-order valence-electron chi connectivity index (χ1n) is 8.23. The minimum Gasteiger partial charge on any atom is -0.393 e. The van der Waals surface area contributed by atoms with Crippen LogP contribution in [0.4, 0.5) is 0 Å². The third-order valence-electron chi connectivity index (χ3n) is 4.52. The van der Waals surface area contributed by atoms with Crippen molar-refractivity contribution in [1.29, 1.82) is 0 Å². The summed E-state index contributed by atoms with van der Waals surface area (Å²) in [6, 6.07) is 0.783. The van der Waals surface area contributed by atoms with Crippen LogP contribution in [-0.2, 0) is 0 Å². The summed E-state index contributed by atoms with van der Waals surface area (Å²) in [6.07, 6.45) is 7.53. The molecule has 1 aliphatic rings. The van der Waals surface area contributed by atoms with Gasteiger partial charge in [-0.2, -0.15) is 0 Å². The highest BCUT2D eigenvalue weighted by Crippen LogP contribution is 2.26. The van der Waals surface area contributed by atoms with Gasteiger partial charge < -0.3 is 10.0 Å². The fourth-order valence-electron chi connectivity index (χ4n) is 2.89. The summed E-state index contributed by atoms with van der Waals surface area (Å²) in [6.45, 7) is 13.3. The number of aliphatic hydroxyl groups excluding tert-OH is 1. The predicted molar refractivity (Wildman–Crippen MR) is 83.4 cm³/mol. The molecule has 1 rings (SSSR count). The van der Waals surface area contributed by atoms with Crippen molar-refractivity contribution < 1.29 is 5.11 Å². The lowest BCUT2D eigenvalue weighted by atomic mass is 9.87. The lowest BCUT2D eigenvalue weighted by Gasteiger charge is -2.33. The Bertz CT molecular complexity index is 238. The van der Waals surface area contributed by atoms with Crippen LogP contribution in [0.2, 0.25) is 0 Å². The van der Waals surface area contributed by atoms with Gasteiger partial charge in [-0.15, -0.1) is 0 Å². The van der Waals surface area contributed by atoms with E-state index in [-0.39, 0.29) is 11.5 Å². The Morgan fingerprint density at radius 2 is 1.58 bits per heavy atom. The summed E-state index contributed by atoms with van der Waals surface area (Å²) in [7, 11) is 0. The second kappa shape index (κ2) is 7.64. The third-order valence-corrected chi connectivity index (χ3v) is 4.52. The zero-order chi connectivity index (χ0) is 14.5. The van der Waals surface area contributed by atoms with Crippen LogP contribution in [0.5, 0.6) is 0 Å². The van der Waals surface area contributed by atoms with E-state index in [1.807, 2.05) is 0 Å². The Kier molecular flexibility index (Phi) is 6.82. The highest BCUT2D eigenvalue weighted by atomic mass is 16.3. The van der Waals surface area contributed by atoms with Crippen LogP contribution in [0, 0.1) is 11.3 Å². The molecule has 1 saturated carbocycles. The van der Waals surface area contributed by atoms with Crippen molar-refractivity contribution in [3.05, 3.63) is 0 Å². The molecule has 0 aromatic rings. The van der Waals surface area contributed by atoms with E-state index < -0.39 is 0 Å². The Morgan fingerprint density at radius 1 is 1.05 bits per heavy atom. The molecule has 1 unspecified atom stereocenters. The van der Waals surface area contributed by atoms with Gasteiger partial charge in [-0.25, -0.2) is 0 Å². The second-order valence-electron chi connectivity index (χ2n) is 7.83. The largest absolute Gasteiger partial charge is 0.393 e. The first-order chi connectivity index (χ1) is 8.80. The summed E-state index contributed by atoms with van der Waals surface area (Å²) in [4.78, 5) is 2.65. The van der Waals surface area contributed by atoms with E-state index in [4.69, 9.17) is 0 Å². The maximum Gasteiger partial charge on any atom is 0.0600 e. The van der Waals surface area contributed by atoms with Crippen molar-refractivity contribution >= 4 is 0 Å². The SMILES string of the molecule is CC(C)CCN(CCC(O)C(C)(C)C)C1CCCC1. The molecule has 0 aromatic carbocycles. The first kappa shape index (κ1) is 17.0. The maximum atomic E-state index is 10.2. The average molecular weight is 269 g/mol. The molecule has 0 bridgehead atoms. The molecule has 1 fully saturated rings. The molecular weight excluding hydrogens is 234 g/mol. The molecular formula is C17H35NO. The highest BCUT2D eigenvalue weighted by Gasteiger charge is 2.26. The number of hydrogen-bond donors (Lipinski definition) is 1. The molecule has 1 aliphatic carbocycles. The second-order valence-corrected chi connectivity index (χ2v) is 7.83. The molecule has 0 saturated heterocycles. The van der Waals surface area contributed by atoms with Crippen molar-refractivity contribution in [2.45, 2.75) is 85.3 Å². The van der Waals surface area contributed by atoms with Crippen LogP contribution in [0.25, 0.3) is 0 Å². The van der Waals surface area contributed by atoms with E-state index in [2.05, 4.69) is 39.5 Å². The van der Waals surface area contributed by atoms with Crippen LogP contribution in [0.15, 0.2) is 0 Å². The molecule has 0 radical (unpaired) electrons. The van der Waals surface area contributed by atoms with Crippen LogP contribution in [0.1, 0.15) is 73.1 Å². The number of rotatable bonds is 7. The monoisotopic (exact) mass is 269 g/mol. The lowest BCUT2D eigenvalue weighted by molar-refractivity contribution is 0.0400. The lowest BCUT2D eigenvalue weighted by Crippen LogP contribution is -2.38. The van der Waals surface area contributed by atoms with Gasteiger partial charge >= 0.3 is 0 Å². The number of aliphatic hydroxyl groups is 1. The van der Waals surface area contributed by atoms with E-state index in [0.717, 1.165) is 24.9 Å². The van der Waals surface area contributed by atoms with Gasteiger partial charge in [0.2, 0.25) is 0 Å².